The highest BCUT2D eigenvalue weighted by molar-refractivity contribution is 14.0. The van der Waals surface area contributed by atoms with Gasteiger partial charge in [0, 0.05) is 38.8 Å². The third-order valence-electron chi connectivity index (χ3n) is 4.83. The van der Waals surface area contributed by atoms with Crippen LogP contribution in [0.4, 0.5) is 0 Å². The predicted molar refractivity (Wildman–Crippen MR) is 111 cm³/mol. The molecule has 0 amide bonds. The number of hydrogen-bond acceptors (Lipinski definition) is 6. The average Bonchev–Trinajstić information content (AvgIpc) is 3.37. The summed E-state index contributed by atoms with van der Waals surface area (Å²) in [6.07, 6.45) is 4.93. The molecule has 2 heterocycles. The molecule has 2 N–H and O–H groups in total. The first-order valence-electron chi connectivity index (χ1n) is 9.35. The van der Waals surface area contributed by atoms with Crippen LogP contribution in [0.15, 0.2) is 9.52 Å². The second-order valence-electron chi connectivity index (χ2n) is 6.76. The van der Waals surface area contributed by atoms with E-state index in [1.54, 1.807) is 7.05 Å². The van der Waals surface area contributed by atoms with Crippen LogP contribution in [0, 0.1) is 0 Å². The molecule has 0 radical (unpaired) electrons. The van der Waals surface area contributed by atoms with Gasteiger partial charge in [-0.05, 0) is 39.5 Å². The average molecular weight is 478 g/mol. The van der Waals surface area contributed by atoms with Crippen molar-refractivity contribution in [1.29, 1.82) is 0 Å². The van der Waals surface area contributed by atoms with Gasteiger partial charge in [0.1, 0.15) is 6.10 Å². The number of likely N-dealkylation sites (tertiary alicyclic amines) is 1. The van der Waals surface area contributed by atoms with Crippen LogP contribution >= 0.6 is 24.0 Å². The third kappa shape index (κ3) is 6.05. The van der Waals surface area contributed by atoms with Crippen LogP contribution in [-0.4, -0.2) is 59.8 Å². The molecule has 1 saturated carbocycles. The Hall–Kier alpha value is -0.940. The fraction of sp³-hybridized carbons (Fsp3) is 0.824. The zero-order chi connectivity index (χ0) is 17.6. The monoisotopic (exact) mass is 478 g/mol. The van der Waals surface area contributed by atoms with E-state index in [1.807, 2.05) is 13.8 Å². The van der Waals surface area contributed by atoms with Gasteiger partial charge in [-0.3, -0.25) is 4.99 Å². The number of halogens is 1. The lowest BCUT2D eigenvalue weighted by molar-refractivity contribution is 0.0683. The third-order valence-corrected chi connectivity index (χ3v) is 4.83. The minimum Gasteiger partial charge on any atom is -0.371 e. The summed E-state index contributed by atoms with van der Waals surface area (Å²) in [5.74, 6) is 1.89. The van der Waals surface area contributed by atoms with Crippen molar-refractivity contribution >= 4 is 29.9 Å². The van der Waals surface area contributed by atoms with Crippen LogP contribution < -0.4 is 10.6 Å². The molecule has 0 bridgehead atoms. The highest BCUT2D eigenvalue weighted by atomic mass is 127. The van der Waals surface area contributed by atoms with Gasteiger partial charge in [-0.25, -0.2) is 0 Å². The Kier molecular flexibility index (Phi) is 8.55. The zero-order valence-corrected chi connectivity index (χ0v) is 18.2. The lowest BCUT2D eigenvalue weighted by atomic mass is 10.1. The molecule has 2 aliphatic rings. The summed E-state index contributed by atoms with van der Waals surface area (Å²) >= 11 is 0. The number of piperidine rings is 1. The number of ether oxygens (including phenoxy) is 1. The van der Waals surface area contributed by atoms with Crippen molar-refractivity contribution < 1.29 is 9.26 Å². The summed E-state index contributed by atoms with van der Waals surface area (Å²) in [5.41, 5.74) is 0. The molecule has 1 aliphatic carbocycles. The van der Waals surface area contributed by atoms with Crippen LogP contribution in [-0.2, 0) is 11.3 Å². The molecule has 1 aromatic heterocycles. The number of hydrogen-bond donors (Lipinski definition) is 2. The summed E-state index contributed by atoms with van der Waals surface area (Å²) in [4.78, 5) is 11.3. The van der Waals surface area contributed by atoms with Gasteiger partial charge in [-0.1, -0.05) is 5.16 Å². The highest BCUT2D eigenvalue weighted by Gasteiger charge is 2.31. The Morgan fingerprint density at radius 1 is 1.35 bits per heavy atom. The summed E-state index contributed by atoms with van der Waals surface area (Å²) in [6.45, 7) is 7.30. The fourth-order valence-corrected chi connectivity index (χ4v) is 3.23. The minimum atomic E-state index is -0.156. The molecular formula is C17H31IN6O2. The summed E-state index contributed by atoms with van der Waals surface area (Å²) in [6, 6.07) is 1.33. The Labute approximate surface area is 172 Å². The minimum absolute atomic E-state index is 0. The maximum atomic E-state index is 5.47. The number of aromatic nitrogens is 2. The van der Waals surface area contributed by atoms with Gasteiger partial charge in [0.25, 0.3) is 0 Å². The molecule has 1 aromatic rings. The lowest BCUT2D eigenvalue weighted by Crippen LogP contribution is -2.48. The van der Waals surface area contributed by atoms with Gasteiger partial charge in [0.2, 0.25) is 5.89 Å². The van der Waals surface area contributed by atoms with Crippen molar-refractivity contribution in [2.75, 3.05) is 26.7 Å². The van der Waals surface area contributed by atoms with E-state index in [0.717, 1.165) is 24.8 Å². The van der Waals surface area contributed by atoms with Crippen LogP contribution in [0.25, 0.3) is 0 Å². The van der Waals surface area contributed by atoms with E-state index in [2.05, 4.69) is 30.7 Å². The molecule has 0 aromatic carbocycles. The molecule has 9 heteroatoms. The van der Waals surface area contributed by atoms with Crippen molar-refractivity contribution in [3.05, 3.63) is 11.7 Å². The largest absolute Gasteiger partial charge is 0.371 e. The van der Waals surface area contributed by atoms with Crippen molar-refractivity contribution in [3.8, 4) is 0 Å². The second kappa shape index (κ2) is 10.4. The first-order chi connectivity index (χ1) is 12.2. The number of aliphatic imine (C=N–C) groups is 1. The van der Waals surface area contributed by atoms with Gasteiger partial charge < -0.3 is 24.8 Å². The summed E-state index contributed by atoms with van der Waals surface area (Å²) in [5, 5.41) is 10.7. The Bertz CT molecular complexity index is 569. The highest BCUT2D eigenvalue weighted by Crippen LogP contribution is 2.29. The Morgan fingerprint density at radius 3 is 2.69 bits per heavy atom. The van der Waals surface area contributed by atoms with Gasteiger partial charge in [0.15, 0.2) is 11.8 Å². The van der Waals surface area contributed by atoms with Crippen LogP contribution in [0.3, 0.4) is 0 Å². The van der Waals surface area contributed by atoms with Crippen LogP contribution in [0.5, 0.6) is 0 Å². The van der Waals surface area contributed by atoms with Crippen LogP contribution in [0.2, 0.25) is 0 Å². The Balaban J connectivity index is 0.00000243. The van der Waals surface area contributed by atoms with Crippen molar-refractivity contribution in [2.24, 2.45) is 4.99 Å². The first-order valence-corrected chi connectivity index (χ1v) is 9.35. The molecule has 1 aliphatic heterocycles. The van der Waals surface area contributed by atoms with Gasteiger partial charge in [-0.2, -0.15) is 4.98 Å². The van der Waals surface area contributed by atoms with E-state index in [0.29, 0.717) is 30.9 Å². The van der Waals surface area contributed by atoms with E-state index < -0.39 is 0 Å². The van der Waals surface area contributed by atoms with Gasteiger partial charge >= 0.3 is 0 Å². The molecule has 148 valence electrons. The molecule has 3 rings (SSSR count). The predicted octanol–water partition coefficient (Wildman–Crippen LogP) is 2.08. The SMILES string of the molecule is CCOC(C)c1noc(CNC(=NC)NC2CCN(C3CC3)CC2)n1.I. The number of rotatable bonds is 7. The molecule has 2 fully saturated rings. The van der Waals surface area contributed by atoms with E-state index in [-0.39, 0.29) is 30.1 Å². The van der Waals surface area contributed by atoms with E-state index in [1.165, 1.54) is 25.9 Å². The molecule has 26 heavy (non-hydrogen) atoms. The zero-order valence-electron chi connectivity index (χ0n) is 15.9. The van der Waals surface area contributed by atoms with Gasteiger partial charge in [0.05, 0.1) is 6.54 Å². The topological polar surface area (TPSA) is 87.8 Å². The molecule has 1 atom stereocenters. The maximum Gasteiger partial charge on any atom is 0.246 e. The normalized spacial score (nSPS) is 20.5. The summed E-state index contributed by atoms with van der Waals surface area (Å²) < 4.78 is 10.7. The number of guanidine groups is 1. The number of nitrogens with zero attached hydrogens (tertiary/aromatic N) is 4. The molecule has 1 saturated heterocycles. The van der Waals surface area contributed by atoms with Crippen LogP contribution in [0.1, 0.15) is 57.3 Å². The second-order valence-corrected chi connectivity index (χ2v) is 6.76. The molecule has 0 spiro atoms. The first kappa shape index (κ1) is 21.4. The summed E-state index contributed by atoms with van der Waals surface area (Å²) in [7, 11) is 1.78. The number of nitrogens with one attached hydrogen (secondary N) is 2. The molecular weight excluding hydrogens is 447 g/mol. The molecule has 1 unspecified atom stereocenters. The van der Waals surface area contributed by atoms with Crippen molar-refractivity contribution in [3.63, 3.8) is 0 Å². The Morgan fingerprint density at radius 2 is 2.08 bits per heavy atom. The van der Waals surface area contributed by atoms with Gasteiger partial charge in [-0.15, -0.1) is 24.0 Å². The maximum absolute atomic E-state index is 5.47. The van der Waals surface area contributed by atoms with Crippen molar-refractivity contribution in [1.82, 2.24) is 25.7 Å². The van der Waals surface area contributed by atoms with E-state index in [4.69, 9.17) is 9.26 Å². The lowest BCUT2D eigenvalue weighted by Gasteiger charge is -2.33. The van der Waals surface area contributed by atoms with E-state index in [9.17, 15) is 0 Å². The van der Waals surface area contributed by atoms with Crippen molar-refractivity contribution in [2.45, 2.75) is 64.3 Å². The quantitative estimate of drug-likeness (QED) is 0.353. The standard InChI is InChI=1S/C17H30N6O2.HI/c1-4-24-12(2)16-21-15(25-22-16)11-19-17(18-3)20-13-7-9-23(10-8-13)14-5-6-14;/h12-14H,4-11H2,1-3H3,(H2,18,19,20);1H. The smallest absolute Gasteiger partial charge is 0.246 e. The molecule has 8 nitrogen and oxygen atoms in total. The fourth-order valence-electron chi connectivity index (χ4n) is 3.23. The van der Waals surface area contributed by atoms with E-state index >= 15 is 0 Å².